The first kappa shape index (κ1) is 64.6. The van der Waals surface area contributed by atoms with Crippen molar-refractivity contribution in [2.75, 3.05) is 13.2 Å². The van der Waals surface area contributed by atoms with Gasteiger partial charge in [-0.05, 0) is 77.0 Å². The van der Waals surface area contributed by atoms with Crippen LogP contribution < -0.4 is 0 Å². The lowest BCUT2D eigenvalue weighted by Gasteiger charge is -2.18. The van der Waals surface area contributed by atoms with Crippen LogP contribution in [0.4, 0.5) is 0 Å². The summed E-state index contributed by atoms with van der Waals surface area (Å²) in [4.78, 5) is 38.2. The Morgan fingerprint density at radius 3 is 0.851 bits per heavy atom. The fourth-order valence-corrected chi connectivity index (χ4v) is 8.65. The molecule has 0 aromatic carbocycles. The number of hydrogen-bond acceptors (Lipinski definition) is 6. The number of esters is 3. The van der Waals surface area contributed by atoms with Crippen molar-refractivity contribution in [3.8, 4) is 0 Å². The normalized spacial score (nSPS) is 12.2. The lowest BCUT2D eigenvalue weighted by molar-refractivity contribution is -0.167. The second-order valence-corrected chi connectivity index (χ2v) is 19.9. The fraction of sp³-hybridized carbons (Fsp3) is 0.852. The molecule has 0 aromatic heterocycles. The van der Waals surface area contributed by atoms with Crippen LogP contribution in [0.2, 0.25) is 0 Å². The van der Waals surface area contributed by atoms with E-state index in [4.69, 9.17) is 14.2 Å². The Morgan fingerprint density at radius 2 is 0.537 bits per heavy atom. The van der Waals surface area contributed by atoms with E-state index in [1.165, 1.54) is 199 Å². The minimum absolute atomic E-state index is 0.0743. The molecule has 0 rings (SSSR count). The molecular formula is C61H112O6. The number of hydrogen-bond donors (Lipinski definition) is 0. The van der Waals surface area contributed by atoms with Gasteiger partial charge >= 0.3 is 17.9 Å². The number of allylic oxidation sites excluding steroid dienone is 6. The van der Waals surface area contributed by atoms with Crippen LogP contribution in [-0.4, -0.2) is 37.2 Å². The highest BCUT2D eigenvalue weighted by atomic mass is 16.6. The summed E-state index contributed by atoms with van der Waals surface area (Å²) in [5, 5.41) is 0. The van der Waals surface area contributed by atoms with Gasteiger partial charge in [0.2, 0.25) is 0 Å². The van der Waals surface area contributed by atoms with Gasteiger partial charge in [0.15, 0.2) is 6.10 Å². The fourth-order valence-electron chi connectivity index (χ4n) is 8.65. The van der Waals surface area contributed by atoms with Crippen molar-refractivity contribution >= 4 is 17.9 Å². The molecule has 0 aliphatic rings. The zero-order chi connectivity index (χ0) is 48.6. The standard InChI is InChI=1S/C61H112O6/c1-4-7-10-13-16-19-22-25-28-30-31-34-36-39-42-45-48-51-54-60(63)66-57-58(56-65-59(62)53-50-47-44-41-38-35-32-27-24-21-18-15-12-9-6-3)67-61(64)55-52-49-46-43-40-37-33-29-26-23-20-17-14-11-8-5-2/h19,22,28-30,33,58H,4-18,20-21,23-27,31-32,34-57H2,1-3H3/b22-19-,30-28-,33-29-. The quantitative estimate of drug-likeness (QED) is 0.0262. The van der Waals surface area contributed by atoms with Crippen LogP contribution in [0.5, 0.6) is 0 Å². The molecular weight excluding hydrogens is 829 g/mol. The zero-order valence-corrected chi connectivity index (χ0v) is 44.9. The summed E-state index contributed by atoms with van der Waals surface area (Å²) in [6.07, 6.45) is 67.0. The predicted octanol–water partition coefficient (Wildman–Crippen LogP) is 19.7. The van der Waals surface area contributed by atoms with Crippen molar-refractivity contribution in [1.82, 2.24) is 0 Å². The average Bonchev–Trinajstić information content (AvgIpc) is 3.33. The second kappa shape index (κ2) is 56.2. The maximum atomic E-state index is 12.9. The first-order chi connectivity index (χ1) is 33.0. The van der Waals surface area contributed by atoms with E-state index >= 15 is 0 Å². The lowest BCUT2D eigenvalue weighted by Crippen LogP contribution is -2.30. The summed E-state index contributed by atoms with van der Waals surface area (Å²) in [6, 6.07) is 0. The Kier molecular flexibility index (Phi) is 54.2. The van der Waals surface area contributed by atoms with Gasteiger partial charge in [-0.1, -0.05) is 256 Å². The summed E-state index contributed by atoms with van der Waals surface area (Å²) in [7, 11) is 0. The van der Waals surface area contributed by atoms with E-state index in [2.05, 4.69) is 57.2 Å². The van der Waals surface area contributed by atoms with Crippen LogP contribution >= 0.6 is 0 Å². The molecule has 0 aliphatic heterocycles. The van der Waals surface area contributed by atoms with E-state index in [9.17, 15) is 14.4 Å². The third-order valence-electron chi connectivity index (χ3n) is 13.1. The Balaban J connectivity index is 4.36. The third kappa shape index (κ3) is 54.4. The maximum Gasteiger partial charge on any atom is 0.306 e. The van der Waals surface area contributed by atoms with Crippen molar-refractivity contribution < 1.29 is 28.6 Å². The highest BCUT2D eigenvalue weighted by Crippen LogP contribution is 2.16. The number of ether oxygens (including phenoxy) is 3. The Hall–Kier alpha value is -2.37. The van der Waals surface area contributed by atoms with Crippen molar-refractivity contribution in [3.05, 3.63) is 36.5 Å². The molecule has 0 amide bonds. The van der Waals surface area contributed by atoms with E-state index in [0.29, 0.717) is 19.3 Å². The molecule has 0 saturated carbocycles. The number of rotatable bonds is 54. The smallest absolute Gasteiger partial charge is 0.306 e. The Labute approximate surface area is 416 Å². The van der Waals surface area contributed by atoms with E-state index < -0.39 is 6.10 Å². The molecule has 0 aromatic rings. The summed E-state index contributed by atoms with van der Waals surface area (Å²) in [5.41, 5.74) is 0. The first-order valence-corrected chi connectivity index (χ1v) is 29.5. The molecule has 0 spiro atoms. The molecule has 0 fully saturated rings. The van der Waals surface area contributed by atoms with Crippen molar-refractivity contribution in [2.45, 2.75) is 322 Å². The molecule has 0 heterocycles. The van der Waals surface area contributed by atoms with Gasteiger partial charge < -0.3 is 14.2 Å². The SMILES string of the molecule is CCCCCC/C=C\C/C=C\CCCCCCCCCC(=O)OCC(COC(=O)CCCCCCCCCCCCCCCCC)OC(=O)CCCCCCC/C=C\CCCCCCCCC. The van der Waals surface area contributed by atoms with Crippen molar-refractivity contribution in [3.63, 3.8) is 0 Å². The highest BCUT2D eigenvalue weighted by Gasteiger charge is 2.19. The molecule has 6 nitrogen and oxygen atoms in total. The van der Waals surface area contributed by atoms with Gasteiger partial charge in [-0.15, -0.1) is 0 Å². The molecule has 0 saturated heterocycles. The Morgan fingerprint density at radius 1 is 0.299 bits per heavy atom. The van der Waals surface area contributed by atoms with Crippen molar-refractivity contribution in [2.24, 2.45) is 0 Å². The average molecular weight is 942 g/mol. The minimum Gasteiger partial charge on any atom is -0.462 e. The van der Waals surface area contributed by atoms with Crippen LogP contribution in [0.25, 0.3) is 0 Å². The second-order valence-electron chi connectivity index (χ2n) is 19.9. The van der Waals surface area contributed by atoms with Crippen LogP contribution in [0, 0.1) is 0 Å². The van der Waals surface area contributed by atoms with Gasteiger partial charge in [0.1, 0.15) is 13.2 Å². The van der Waals surface area contributed by atoms with Crippen LogP contribution in [0.3, 0.4) is 0 Å². The van der Waals surface area contributed by atoms with Gasteiger partial charge in [-0.3, -0.25) is 14.4 Å². The molecule has 0 N–H and O–H groups in total. The van der Waals surface area contributed by atoms with E-state index in [1.54, 1.807) is 0 Å². The zero-order valence-electron chi connectivity index (χ0n) is 44.9. The van der Waals surface area contributed by atoms with Gasteiger partial charge in [-0.25, -0.2) is 0 Å². The molecule has 0 radical (unpaired) electrons. The Bertz CT molecular complexity index is 1130. The number of carbonyl (C=O) groups is 3. The monoisotopic (exact) mass is 941 g/mol. The molecule has 1 atom stereocenters. The van der Waals surface area contributed by atoms with Gasteiger partial charge in [0.25, 0.3) is 0 Å². The first-order valence-electron chi connectivity index (χ1n) is 29.5. The molecule has 0 bridgehead atoms. The van der Waals surface area contributed by atoms with Crippen LogP contribution in [-0.2, 0) is 28.6 Å². The largest absolute Gasteiger partial charge is 0.462 e. The number of unbranched alkanes of at least 4 members (excludes halogenated alkanes) is 37. The summed E-state index contributed by atoms with van der Waals surface area (Å²) in [5.74, 6) is -0.872. The lowest BCUT2D eigenvalue weighted by atomic mass is 10.0. The molecule has 67 heavy (non-hydrogen) atoms. The topological polar surface area (TPSA) is 78.9 Å². The van der Waals surface area contributed by atoms with Gasteiger partial charge in [0.05, 0.1) is 0 Å². The molecule has 1 unspecified atom stereocenters. The van der Waals surface area contributed by atoms with E-state index in [-0.39, 0.29) is 31.1 Å². The summed E-state index contributed by atoms with van der Waals surface area (Å²) < 4.78 is 16.9. The number of carbonyl (C=O) groups excluding carboxylic acids is 3. The van der Waals surface area contributed by atoms with E-state index in [1.807, 2.05) is 0 Å². The van der Waals surface area contributed by atoms with Crippen LogP contribution in [0.15, 0.2) is 36.5 Å². The third-order valence-corrected chi connectivity index (χ3v) is 13.1. The van der Waals surface area contributed by atoms with Crippen LogP contribution in [0.1, 0.15) is 316 Å². The highest BCUT2D eigenvalue weighted by molar-refractivity contribution is 5.71. The summed E-state index contributed by atoms with van der Waals surface area (Å²) >= 11 is 0. The molecule has 6 heteroatoms. The minimum atomic E-state index is -0.777. The van der Waals surface area contributed by atoms with Crippen molar-refractivity contribution in [1.29, 1.82) is 0 Å². The van der Waals surface area contributed by atoms with Gasteiger partial charge in [-0.2, -0.15) is 0 Å². The summed E-state index contributed by atoms with van der Waals surface area (Å²) in [6.45, 7) is 6.65. The predicted molar refractivity (Wildman–Crippen MR) is 289 cm³/mol. The van der Waals surface area contributed by atoms with E-state index in [0.717, 1.165) is 77.0 Å². The maximum absolute atomic E-state index is 12.9. The molecule has 392 valence electrons. The molecule has 0 aliphatic carbocycles. The van der Waals surface area contributed by atoms with Gasteiger partial charge in [0, 0.05) is 19.3 Å².